The summed E-state index contributed by atoms with van der Waals surface area (Å²) in [7, 11) is 0. The molecular weight excluding hydrogens is 241 g/mol. The van der Waals surface area contributed by atoms with Crippen LogP contribution >= 0.6 is 11.6 Å². The van der Waals surface area contributed by atoms with Crippen LogP contribution in [0.15, 0.2) is 42.5 Å². The van der Waals surface area contributed by atoms with E-state index in [1.807, 2.05) is 0 Å². The van der Waals surface area contributed by atoms with Crippen molar-refractivity contribution in [3.63, 3.8) is 0 Å². The topological polar surface area (TPSA) is 35.2 Å². The first kappa shape index (κ1) is 11.7. The van der Waals surface area contributed by atoms with Gasteiger partial charge in [0.1, 0.15) is 18.2 Å². The van der Waals surface area contributed by atoms with Crippen LogP contribution in [0.25, 0.3) is 0 Å². The monoisotopic (exact) mass is 251 g/mol. The molecular formula is C13H11ClFNO. The van der Waals surface area contributed by atoms with E-state index in [4.69, 9.17) is 22.1 Å². The second-order valence-electron chi connectivity index (χ2n) is 3.59. The SMILES string of the molecule is Nc1ccc(Cl)cc1COc1ccc(F)cc1. The van der Waals surface area contributed by atoms with Gasteiger partial charge in [-0.05, 0) is 42.5 Å². The number of anilines is 1. The van der Waals surface area contributed by atoms with Gasteiger partial charge in [-0.25, -0.2) is 4.39 Å². The van der Waals surface area contributed by atoms with Crippen LogP contribution in [0.3, 0.4) is 0 Å². The molecule has 0 amide bonds. The van der Waals surface area contributed by atoms with E-state index in [0.717, 1.165) is 5.56 Å². The molecule has 0 saturated heterocycles. The van der Waals surface area contributed by atoms with Crippen molar-refractivity contribution in [3.05, 3.63) is 58.9 Å². The Morgan fingerprint density at radius 2 is 1.82 bits per heavy atom. The molecule has 0 fully saturated rings. The average Bonchev–Trinajstić information content (AvgIpc) is 2.32. The van der Waals surface area contributed by atoms with Crippen molar-refractivity contribution in [1.29, 1.82) is 0 Å². The van der Waals surface area contributed by atoms with Crippen LogP contribution in [0.5, 0.6) is 5.75 Å². The maximum atomic E-state index is 12.7. The van der Waals surface area contributed by atoms with E-state index in [1.54, 1.807) is 30.3 Å². The Kier molecular flexibility index (Phi) is 3.49. The van der Waals surface area contributed by atoms with Crippen LogP contribution in [0.2, 0.25) is 5.02 Å². The summed E-state index contributed by atoms with van der Waals surface area (Å²) in [5.41, 5.74) is 7.21. The molecule has 0 atom stereocenters. The van der Waals surface area contributed by atoms with E-state index in [9.17, 15) is 4.39 Å². The van der Waals surface area contributed by atoms with Crippen LogP contribution in [-0.2, 0) is 6.61 Å². The Hall–Kier alpha value is -1.74. The smallest absolute Gasteiger partial charge is 0.123 e. The quantitative estimate of drug-likeness (QED) is 0.846. The highest BCUT2D eigenvalue weighted by Crippen LogP contribution is 2.20. The van der Waals surface area contributed by atoms with Gasteiger partial charge in [0, 0.05) is 16.3 Å². The zero-order valence-corrected chi connectivity index (χ0v) is 9.75. The summed E-state index contributed by atoms with van der Waals surface area (Å²) in [5, 5.41) is 0.608. The molecule has 2 N–H and O–H groups in total. The molecule has 0 aliphatic carbocycles. The Balaban J connectivity index is 2.07. The lowest BCUT2D eigenvalue weighted by atomic mass is 10.2. The molecule has 2 aromatic carbocycles. The van der Waals surface area contributed by atoms with Crippen molar-refractivity contribution >= 4 is 17.3 Å². The van der Waals surface area contributed by atoms with Crippen LogP contribution in [0, 0.1) is 5.82 Å². The Bertz CT molecular complexity index is 513. The highest BCUT2D eigenvalue weighted by Gasteiger charge is 2.02. The average molecular weight is 252 g/mol. The van der Waals surface area contributed by atoms with Crippen LogP contribution in [-0.4, -0.2) is 0 Å². The number of benzene rings is 2. The van der Waals surface area contributed by atoms with Gasteiger partial charge in [-0.15, -0.1) is 0 Å². The van der Waals surface area contributed by atoms with Crippen molar-refractivity contribution in [2.45, 2.75) is 6.61 Å². The van der Waals surface area contributed by atoms with Crippen LogP contribution in [0.4, 0.5) is 10.1 Å². The minimum Gasteiger partial charge on any atom is -0.489 e. The van der Waals surface area contributed by atoms with Crippen molar-refractivity contribution in [2.24, 2.45) is 0 Å². The van der Waals surface area contributed by atoms with Gasteiger partial charge in [0.15, 0.2) is 0 Å². The van der Waals surface area contributed by atoms with Crippen molar-refractivity contribution < 1.29 is 9.13 Å². The Morgan fingerprint density at radius 3 is 2.53 bits per heavy atom. The van der Waals surface area contributed by atoms with Gasteiger partial charge >= 0.3 is 0 Å². The molecule has 4 heteroatoms. The maximum absolute atomic E-state index is 12.7. The molecule has 0 saturated carbocycles. The van der Waals surface area contributed by atoms with E-state index < -0.39 is 0 Å². The predicted octanol–water partition coefficient (Wildman–Crippen LogP) is 3.64. The maximum Gasteiger partial charge on any atom is 0.123 e. The first-order chi connectivity index (χ1) is 8.15. The molecule has 0 aromatic heterocycles. The summed E-state index contributed by atoms with van der Waals surface area (Å²) in [4.78, 5) is 0. The second kappa shape index (κ2) is 5.06. The third-order valence-electron chi connectivity index (χ3n) is 2.31. The fraction of sp³-hybridized carbons (Fsp3) is 0.0769. The fourth-order valence-electron chi connectivity index (χ4n) is 1.39. The zero-order valence-electron chi connectivity index (χ0n) is 8.99. The lowest BCUT2D eigenvalue weighted by molar-refractivity contribution is 0.306. The molecule has 88 valence electrons. The lowest BCUT2D eigenvalue weighted by Crippen LogP contribution is -2.00. The largest absolute Gasteiger partial charge is 0.489 e. The molecule has 0 unspecified atom stereocenters. The predicted molar refractivity (Wildman–Crippen MR) is 66.6 cm³/mol. The number of nitrogen functional groups attached to an aromatic ring is 1. The second-order valence-corrected chi connectivity index (χ2v) is 4.02. The van der Waals surface area contributed by atoms with Gasteiger partial charge in [0.05, 0.1) is 0 Å². The van der Waals surface area contributed by atoms with Gasteiger partial charge in [0.2, 0.25) is 0 Å². The normalized spacial score (nSPS) is 10.2. The van der Waals surface area contributed by atoms with Crippen LogP contribution < -0.4 is 10.5 Å². The van der Waals surface area contributed by atoms with Gasteiger partial charge in [-0.1, -0.05) is 11.6 Å². The minimum atomic E-state index is -0.292. The molecule has 17 heavy (non-hydrogen) atoms. The molecule has 0 aliphatic rings. The molecule has 0 radical (unpaired) electrons. The van der Waals surface area contributed by atoms with Gasteiger partial charge in [0.25, 0.3) is 0 Å². The number of hydrogen-bond donors (Lipinski definition) is 1. The molecule has 0 bridgehead atoms. The summed E-state index contributed by atoms with van der Waals surface area (Å²) in [6.45, 7) is 0.304. The van der Waals surface area contributed by atoms with Crippen LogP contribution in [0.1, 0.15) is 5.56 Å². The van der Waals surface area contributed by atoms with Crippen molar-refractivity contribution in [3.8, 4) is 5.75 Å². The first-order valence-corrected chi connectivity index (χ1v) is 5.45. The minimum absolute atomic E-state index is 0.292. The van der Waals surface area contributed by atoms with E-state index in [2.05, 4.69) is 0 Å². The van der Waals surface area contributed by atoms with E-state index in [1.165, 1.54) is 12.1 Å². The third-order valence-corrected chi connectivity index (χ3v) is 2.55. The van der Waals surface area contributed by atoms with Gasteiger partial charge in [-0.3, -0.25) is 0 Å². The number of halogens is 2. The van der Waals surface area contributed by atoms with Gasteiger partial charge < -0.3 is 10.5 Å². The molecule has 2 rings (SSSR count). The summed E-state index contributed by atoms with van der Waals surface area (Å²) in [6, 6.07) is 11.0. The summed E-state index contributed by atoms with van der Waals surface area (Å²) in [5.74, 6) is 0.297. The zero-order chi connectivity index (χ0) is 12.3. The number of hydrogen-bond acceptors (Lipinski definition) is 2. The molecule has 2 aromatic rings. The Labute approximate surface area is 104 Å². The van der Waals surface area contributed by atoms with E-state index >= 15 is 0 Å². The number of nitrogens with two attached hydrogens (primary N) is 1. The highest BCUT2D eigenvalue weighted by molar-refractivity contribution is 6.30. The first-order valence-electron chi connectivity index (χ1n) is 5.07. The summed E-state index contributed by atoms with van der Waals surface area (Å²) < 4.78 is 18.2. The standard InChI is InChI=1S/C13H11ClFNO/c14-10-1-6-13(16)9(7-10)8-17-12-4-2-11(15)3-5-12/h1-7H,8,16H2. The molecule has 2 nitrogen and oxygen atoms in total. The number of ether oxygens (including phenoxy) is 1. The fourth-order valence-corrected chi connectivity index (χ4v) is 1.59. The summed E-state index contributed by atoms with van der Waals surface area (Å²) in [6.07, 6.45) is 0. The summed E-state index contributed by atoms with van der Waals surface area (Å²) >= 11 is 5.86. The Morgan fingerprint density at radius 1 is 1.12 bits per heavy atom. The molecule has 0 spiro atoms. The van der Waals surface area contributed by atoms with Crippen molar-refractivity contribution in [1.82, 2.24) is 0 Å². The third kappa shape index (κ3) is 3.11. The van der Waals surface area contributed by atoms with E-state index in [-0.39, 0.29) is 5.82 Å². The highest BCUT2D eigenvalue weighted by atomic mass is 35.5. The number of rotatable bonds is 3. The lowest BCUT2D eigenvalue weighted by Gasteiger charge is -2.08. The molecule has 0 aliphatic heterocycles. The van der Waals surface area contributed by atoms with Gasteiger partial charge in [-0.2, -0.15) is 0 Å². The van der Waals surface area contributed by atoms with E-state index in [0.29, 0.717) is 23.1 Å². The van der Waals surface area contributed by atoms with Crippen molar-refractivity contribution in [2.75, 3.05) is 5.73 Å². The molecule has 0 heterocycles.